The number of anilines is 1. The van der Waals surface area contributed by atoms with E-state index >= 15 is 0 Å². The van der Waals surface area contributed by atoms with E-state index in [1.54, 1.807) is 0 Å². The van der Waals surface area contributed by atoms with Gasteiger partial charge in [-0.05, 0) is 57.3 Å². The van der Waals surface area contributed by atoms with E-state index in [1.165, 1.54) is 0 Å². The van der Waals surface area contributed by atoms with Crippen molar-refractivity contribution in [3.05, 3.63) is 33.9 Å². The Morgan fingerprint density at radius 3 is 2.23 bits per heavy atom. The first-order chi connectivity index (χ1) is 6.00. The summed E-state index contributed by atoms with van der Waals surface area (Å²) in [5.41, 5.74) is 2.69. The fourth-order valence-corrected chi connectivity index (χ4v) is 4.06. The van der Waals surface area contributed by atoms with Crippen LogP contribution in [0.15, 0.2) is 16.6 Å². The Labute approximate surface area is 110 Å². The highest BCUT2D eigenvalue weighted by atomic mass is 127. The van der Waals surface area contributed by atoms with Crippen molar-refractivity contribution in [2.45, 2.75) is 0 Å². The third-order valence-corrected chi connectivity index (χ3v) is 3.37. The van der Waals surface area contributed by atoms with Gasteiger partial charge in [-0.1, -0.05) is 15.9 Å². The van der Waals surface area contributed by atoms with Crippen LogP contribution in [0.3, 0.4) is 0 Å². The zero-order valence-corrected chi connectivity index (χ0v) is 12.0. The van der Waals surface area contributed by atoms with Crippen LogP contribution in [0.4, 0.5) is 5.69 Å². The number of halogens is 3. The maximum atomic E-state index is 10.2. The predicted molar refractivity (Wildman–Crippen MR) is 70.2 cm³/mol. The Morgan fingerprint density at radius 1 is 1.38 bits per heavy atom. The maximum absolute atomic E-state index is 10.2. The molecule has 1 aromatic rings. The fraction of sp³-hybridized carbons (Fsp3) is 0. The van der Waals surface area contributed by atoms with Gasteiger partial charge in [-0.25, -0.2) is 10.1 Å². The topological polar surface area (TPSA) is 55.2 Å². The Kier molecular flexibility index (Phi) is 4.16. The number of hydrogen-bond acceptors (Lipinski definition) is 2. The quantitative estimate of drug-likeness (QED) is 0.412. The van der Waals surface area contributed by atoms with Crippen molar-refractivity contribution in [3.8, 4) is 0 Å². The number of rotatable bonds is 2. The molecule has 70 valence electrons. The first-order valence-electron chi connectivity index (χ1n) is 3.06. The molecule has 0 fully saturated rings. The number of nitrogens with one attached hydrogen (secondary N) is 1. The number of hydrogen-bond donors (Lipinski definition) is 1. The normalized spacial score (nSPS) is 9.77. The molecule has 7 heteroatoms. The van der Waals surface area contributed by atoms with Crippen molar-refractivity contribution in [3.63, 3.8) is 0 Å². The van der Waals surface area contributed by atoms with Crippen LogP contribution in [0.25, 0.3) is 0 Å². The molecule has 0 saturated heterocycles. The fourth-order valence-electron chi connectivity index (χ4n) is 0.740. The van der Waals surface area contributed by atoms with E-state index in [4.69, 9.17) is 0 Å². The summed E-state index contributed by atoms with van der Waals surface area (Å²) in [6.07, 6.45) is 0. The zero-order chi connectivity index (χ0) is 10.0. The molecule has 0 aromatic heterocycles. The Hall–Kier alpha value is 0.360. The van der Waals surface area contributed by atoms with E-state index in [-0.39, 0.29) is 0 Å². The second kappa shape index (κ2) is 4.73. The summed E-state index contributed by atoms with van der Waals surface area (Å²) in [7, 11) is 0. The lowest BCUT2D eigenvalue weighted by Crippen LogP contribution is -2.10. The minimum Gasteiger partial charge on any atom is -0.235 e. The van der Waals surface area contributed by atoms with E-state index in [0.717, 1.165) is 11.6 Å². The highest BCUT2D eigenvalue weighted by Gasteiger charge is 2.10. The van der Waals surface area contributed by atoms with Crippen LogP contribution in [0.1, 0.15) is 0 Å². The van der Waals surface area contributed by atoms with Gasteiger partial charge in [-0.2, -0.15) is 0 Å². The van der Waals surface area contributed by atoms with Gasteiger partial charge in [0.2, 0.25) is 0 Å². The first kappa shape index (κ1) is 11.4. The summed E-state index contributed by atoms with van der Waals surface area (Å²) < 4.78 is 2.54. The molecule has 0 atom stereocenters. The standard InChI is InChI=1S/C6H3BrI2N2O2/c7-3-1-4(8)6(5(9)2-3)10-11(12)13/h1-2,10H. The van der Waals surface area contributed by atoms with Gasteiger partial charge in [0.25, 0.3) is 0 Å². The van der Waals surface area contributed by atoms with Crippen LogP contribution < -0.4 is 5.43 Å². The molecule has 0 bridgehead atoms. The SMILES string of the molecule is O=[N+]([O-])Nc1c(I)cc(Br)cc1I. The molecular formula is C6H3BrI2N2O2. The predicted octanol–water partition coefficient (Wildman–Crippen LogP) is 3.26. The third-order valence-electron chi connectivity index (χ3n) is 1.21. The summed E-state index contributed by atoms with van der Waals surface area (Å²) >= 11 is 7.39. The zero-order valence-electron chi connectivity index (χ0n) is 6.05. The van der Waals surface area contributed by atoms with Crippen LogP contribution in [-0.2, 0) is 0 Å². The molecule has 0 radical (unpaired) electrons. The number of hydrazine groups is 1. The molecule has 1 rings (SSSR count). The highest BCUT2D eigenvalue weighted by Crippen LogP contribution is 2.28. The lowest BCUT2D eigenvalue weighted by atomic mass is 10.3. The lowest BCUT2D eigenvalue weighted by Gasteiger charge is -2.04. The van der Waals surface area contributed by atoms with E-state index in [1.807, 2.05) is 57.3 Å². The molecule has 0 aliphatic rings. The summed E-state index contributed by atoms with van der Waals surface area (Å²) in [5, 5.41) is 9.67. The molecule has 4 nitrogen and oxygen atoms in total. The van der Waals surface area contributed by atoms with E-state index in [2.05, 4.69) is 21.4 Å². The monoisotopic (exact) mass is 468 g/mol. The number of benzene rings is 1. The van der Waals surface area contributed by atoms with E-state index in [9.17, 15) is 10.1 Å². The summed E-state index contributed by atoms with van der Waals surface area (Å²) in [6, 6.07) is 3.63. The van der Waals surface area contributed by atoms with Gasteiger partial charge in [0.1, 0.15) is 5.69 Å². The van der Waals surface area contributed by atoms with Crippen molar-refractivity contribution in [2.24, 2.45) is 0 Å². The Bertz CT molecular complexity index is 335. The Morgan fingerprint density at radius 2 is 1.85 bits per heavy atom. The average molecular weight is 469 g/mol. The van der Waals surface area contributed by atoms with Gasteiger partial charge in [-0.3, -0.25) is 0 Å². The molecule has 0 amide bonds. The van der Waals surface area contributed by atoms with E-state index < -0.39 is 5.03 Å². The molecular weight excluding hydrogens is 466 g/mol. The molecule has 0 spiro atoms. The van der Waals surface area contributed by atoms with Crippen LogP contribution in [-0.4, -0.2) is 5.03 Å². The number of nitro groups is 1. The summed E-state index contributed by atoms with van der Waals surface area (Å²) in [5.74, 6) is 0. The highest BCUT2D eigenvalue weighted by molar-refractivity contribution is 14.1. The molecule has 0 heterocycles. The van der Waals surface area contributed by atoms with Gasteiger partial charge in [-0.15, -0.1) is 5.43 Å². The largest absolute Gasteiger partial charge is 0.235 e. The van der Waals surface area contributed by atoms with Gasteiger partial charge in [0, 0.05) is 11.6 Å². The Balaban J connectivity index is 3.13. The molecule has 13 heavy (non-hydrogen) atoms. The molecule has 0 aliphatic carbocycles. The molecule has 1 N–H and O–H groups in total. The summed E-state index contributed by atoms with van der Waals surface area (Å²) in [4.78, 5) is 10.2. The van der Waals surface area contributed by atoms with Crippen LogP contribution in [0.2, 0.25) is 0 Å². The van der Waals surface area contributed by atoms with Crippen LogP contribution in [0, 0.1) is 17.3 Å². The number of nitrogens with zero attached hydrogens (tertiary/aromatic N) is 1. The van der Waals surface area contributed by atoms with Crippen molar-refractivity contribution >= 4 is 66.8 Å². The molecule has 1 aromatic carbocycles. The van der Waals surface area contributed by atoms with Gasteiger partial charge >= 0.3 is 0 Å². The van der Waals surface area contributed by atoms with Crippen LogP contribution in [0.5, 0.6) is 0 Å². The lowest BCUT2D eigenvalue weighted by molar-refractivity contribution is -0.445. The van der Waals surface area contributed by atoms with Gasteiger partial charge in [0.15, 0.2) is 5.03 Å². The minimum absolute atomic E-state index is 0.536. The molecule has 0 aliphatic heterocycles. The molecule has 0 saturated carbocycles. The van der Waals surface area contributed by atoms with Gasteiger partial charge in [0.05, 0.1) is 0 Å². The van der Waals surface area contributed by atoms with Crippen molar-refractivity contribution < 1.29 is 5.03 Å². The average Bonchev–Trinajstić information content (AvgIpc) is 1.96. The third kappa shape index (κ3) is 3.20. The molecule has 0 unspecified atom stereocenters. The second-order valence-electron chi connectivity index (χ2n) is 2.11. The maximum Gasteiger partial charge on any atom is 0.162 e. The minimum atomic E-state index is -0.562. The van der Waals surface area contributed by atoms with Crippen molar-refractivity contribution in [1.29, 1.82) is 0 Å². The first-order valence-corrected chi connectivity index (χ1v) is 6.01. The summed E-state index contributed by atoms with van der Waals surface area (Å²) in [6.45, 7) is 0. The second-order valence-corrected chi connectivity index (χ2v) is 5.35. The van der Waals surface area contributed by atoms with Crippen LogP contribution >= 0.6 is 61.1 Å². The van der Waals surface area contributed by atoms with Gasteiger partial charge < -0.3 is 0 Å². The van der Waals surface area contributed by atoms with Crippen molar-refractivity contribution in [2.75, 3.05) is 5.43 Å². The van der Waals surface area contributed by atoms with Crippen molar-refractivity contribution in [1.82, 2.24) is 0 Å². The van der Waals surface area contributed by atoms with E-state index in [0.29, 0.717) is 5.69 Å². The smallest absolute Gasteiger partial charge is 0.162 e.